The second kappa shape index (κ2) is 11.9. The zero-order chi connectivity index (χ0) is 28.2. The molecule has 0 bridgehead atoms. The molecule has 4 rings (SSSR count). The highest BCUT2D eigenvalue weighted by Gasteiger charge is 2.36. The van der Waals surface area contributed by atoms with Crippen LogP contribution in [0.15, 0.2) is 66.0 Å². The van der Waals surface area contributed by atoms with Crippen molar-refractivity contribution in [1.82, 2.24) is 19.2 Å². The van der Waals surface area contributed by atoms with Gasteiger partial charge in [0.1, 0.15) is 22.4 Å². The molecule has 1 aliphatic heterocycles. The molecule has 0 fully saturated rings. The van der Waals surface area contributed by atoms with Gasteiger partial charge in [-0.15, -0.1) is 0 Å². The molecule has 0 radical (unpaired) electrons. The maximum Gasteiger partial charge on any atom is 0.259 e. The second-order valence-corrected chi connectivity index (χ2v) is 11.4. The van der Waals surface area contributed by atoms with Crippen molar-refractivity contribution in [3.8, 4) is 17.7 Å². The first kappa shape index (κ1) is 28.2. The molecule has 1 aliphatic rings. The van der Waals surface area contributed by atoms with Crippen LogP contribution in [0.5, 0.6) is 5.88 Å². The molecule has 1 N–H and O–H groups in total. The van der Waals surface area contributed by atoms with E-state index in [0.717, 1.165) is 15.9 Å². The smallest absolute Gasteiger partial charge is 0.259 e. The number of benzene rings is 1. The molecule has 1 amide bonds. The Bertz CT molecular complexity index is 1510. The minimum Gasteiger partial charge on any atom is -0.472 e. The number of sulfonamides is 1. The molecule has 2 aromatic heterocycles. The molecular weight excluding hydrogens is 523 g/mol. The molecular formula is C28H29FN4O5S. The molecule has 39 heavy (non-hydrogen) atoms. The van der Waals surface area contributed by atoms with E-state index in [-0.39, 0.29) is 43.0 Å². The normalized spacial score (nSPS) is 18.3. The van der Waals surface area contributed by atoms with E-state index in [2.05, 4.69) is 21.8 Å². The molecule has 0 unspecified atom stereocenters. The maximum atomic E-state index is 14.3. The number of aromatic nitrogens is 2. The molecule has 11 heteroatoms. The lowest BCUT2D eigenvalue weighted by molar-refractivity contribution is 0.0373. The van der Waals surface area contributed by atoms with Gasteiger partial charge >= 0.3 is 0 Å². The topological polar surface area (TPSA) is 113 Å². The Hall–Kier alpha value is -3.85. The predicted octanol–water partition coefficient (Wildman–Crippen LogP) is 2.56. The van der Waals surface area contributed by atoms with Crippen LogP contribution in [0.4, 0.5) is 4.39 Å². The van der Waals surface area contributed by atoms with Gasteiger partial charge < -0.3 is 14.7 Å². The van der Waals surface area contributed by atoms with Crippen molar-refractivity contribution < 1.29 is 27.4 Å². The average molecular weight is 553 g/mol. The van der Waals surface area contributed by atoms with Gasteiger partial charge in [-0.1, -0.05) is 30.9 Å². The number of hydrogen-bond acceptors (Lipinski definition) is 7. The minimum absolute atomic E-state index is 0.0258. The van der Waals surface area contributed by atoms with Crippen LogP contribution in [-0.4, -0.2) is 77.5 Å². The Morgan fingerprint density at radius 3 is 2.59 bits per heavy atom. The van der Waals surface area contributed by atoms with Crippen LogP contribution in [0.1, 0.15) is 35.3 Å². The van der Waals surface area contributed by atoms with Gasteiger partial charge in [-0.05, 0) is 37.3 Å². The largest absolute Gasteiger partial charge is 0.472 e. The highest BCUT2D eigenvalue weighted by Crippen LogP contribution is 2.28. The third-order valence-corrected chi connectivity index (χ3v) is 8.37. The quantitative estimate of drug-likeness (QED) is 0.468. The van der Waals surface area contributed by atoms with Gasteiger partial charge in [-0.3, -0.25) is 9.78 Å². The van der Waals surface area contributed by atoms with E-state index in [1.807, 2.05) is 6.92 Å². The summed E-state index contributed by atoms with van der Waals surface area (Å²) >= 11 is 0. The molecule has 3 aromatic rings. The van der Waals surface area contributed by atoms with E-state index in [0.29, 0.717) is 5.56 Å². The molecule has 3 heterocycles. The molecule has 0 saturated carbocycles. The molecule has 0 spiro atoms. The highest BCUT2D eigenvalue weighted by molar-refractivity contribution is 7.89. The fourth-order valence-electron chi connectivity index (χ4n) is 4.14. The number of nitrogens with zero attached hydrogens (tertiary/aromatic N) is 4. The summed E-state index contributed by atoms with van der Waals surface area (Å²) in [5.41, 5.74) is 1.36. The summed E-state index contributed by atoms with van der Waals surface area (Å²) in [6, 6.07) is 9.73. The van der Waals surface area contributed by atoms with E-state index >= 15 is 0 Å². The van der Waals surface area contributed by atoms with Crippen molar-refractivity contribution in [2.45, 2.75) is 30.9 Å². The van der Waals surface area contributed by atoms with Crippen LogP contribution in [0.2, 0.25) is 0 Å². The van der Waals surface area contributed by atoms with Crippen molar-refractivity contribution in [1.29, 1.82) is 0 Å². The van der Waals surface area contributed by atoms with Gasteiger partial charge in [-0.25, -0.2) is 17.8 Å². The number of rotatable bonds is 6. The van der Waals surface area contributed by atoms with Crippen LogP contribution in [0.25, 0.3) is 0 Å². The van der Waals surface area contributed by atoms with E-state index in [1.54, 1.807) is 37.5 Å². The SMILES string of the molecule is C[C@H]1CN([C@@H](C)CO)C(=O)c2cc(C#Cc3ccncc3)cnc2O[C@H]1CN(C)S(=O)(=O)c1ccccc1F. The van der Waals surface area contributed by atoms with Gasteiger partial charge in [0, 0.05) is 49.2 Å². The van der Waals surface area contributed by atoms with Crippen LogP contribution in [0.3, 0.4) is 0 Å². The second-order valence-electron chi connectivity index (χ2n) is 9.40. The van der Waals surface area contributed by atoms with E-state index in [9.17, 15) is 22.7 Å². The predicted molar refractivity (Wildman–Crippen MR) is 142 cm³/mol. The zero-order valence-corrected chi connectivity index (χ0v) is 22.6. The Morgan fingerprint density at radius 1 is 1.21 bits per heavy atom. The number of fused-ring (bicyclic) bond motifs is 1. The van der Waals surface area contributed by atoms with E-state index in [4.69, 9.17) is 4.74 Å². The van der Waals surface area contributed by atoms with Gasteiger partial charge in [0.25, 0.3) is 5.91 Å². The third-order valence-electron chi connectivity index (χ3n) is 6.51. The number of carbonyl (C=O) groups is 1. The number of ether oxygens (including phenoxy) is 1. The number of aliphatic hydroxyl groups excluding tert-OH is 1. The summed E-state index contributed by atoms with van der Waals surface area (Å²) in [6.45, 7) is 3.33. The third kappa shape index (κ3) is 6.25. The number of hydrogen-bond donors (Lipinski definition) is 1. The van der Waals surface area contributed by atoms with Gasteiger partial charge in [0.05, 0.1) is 19.2 Å². The van der Waals surface area contributed by atoms with Crippen LogP contribution < -0.4 is 4.74 Å². The van der Waals surface area contributed by atoms with E-state index < -0.39 is 32.9 Å². The van der Waals surface area contributed by atoms with Crippen molar-refractivity contribution >= 4 is 15.9 Å². The number of amides is 1. The summed E-state index contributed by atoms with van der Waals surface area (Å²) in [5.74, 6) is 4.41. The fourth-order valence-corrected chi connectivity index (χ4v) is 5.39. The van der Waals surface area contributed by atoms with Crippen molar-refractivity contribution in [2.24, 2.45) is 5.92 Å². The number of aliphatic hydroxyl groups is 1. The molecule has 204 valence electrons. The summed E-state index contributed by atoms with van der Waals surface area (Å²) in [7, 11) is -2.81. The van der Waals surface area contributed by atoms with Gasteiger partial charge in [0.15, 0.2) is 0 Å². The average Bonchev–Trinajstić information content (AvgIpc) is 2.94. The summed E-state index contributed by atoms with van der Waals surface area (Å²) < 4.78 is 47.8. The Labute approximate surface area is 227 Å². The van der Waals surface area contributed by atoms with Crippen LogP contribution >= 0.6 is 0 Å². The lowest BCUT2D eigenvalue weighted by Gasteiger charge is -2.37. The number of carbonyl (C=O) groups excluding carboxylic acids is 1. The lowest BCUT2D eigenvalue weighted by Crippen LogP contribution is -2.50. The van der Waals surface area contributed by atoms with Crippen molar-refractivity contribution in [3.63, 3.8) is 0 Å². The van der Waals surface area contributed by atoms with E-state index in [1.165, 1.54) is 36.3 Å². The van der Waals surface area contributed by atoms with Crippen molar-refractivity contribution in [3.05, 3.63) is 83.6 Å². The van der Waals surface area contributed by atoms with Crippen LogP contribution in [0, 0.1) is 23.6 Å². The van der Waals surface area contributed by atoms with Gasteiger partial charge in [0.2, 0.25) is 15.9 Å². The Morgan fingerprint density at radius 2 is 1.90 bits per heavy atom. The monoisotopic (exact) mass is 552 g/mol. The molecule has 3 atom stereocenters. The molecule has 9 nitrogen and oxygen atoms in total. The zero-order valence-electron chi connectivity index (χ0n) is 21.8. The standard InChI is InChI=1S/C28H29FN4O5S/c1-19-16-33(20(2)18-34)28(35)23-14-22(9-8-21-10-12-30-13-11-21)15-31-27(23)38-25(19)17-32(3)39(36,37)26-7-5-4-6-24(26)29/h4-7,10-15,19-20,25,34H,16-18H2,1-3H3/t19-,20-,25-/m0/s1. The Kier molecular flexibility index (Phi) is 8.60. The lowest BCUT2D eigenvalue weighted by atomic mass is 10.0. The summed E-state index contributed by atoms with van der Waals surface area (Å²) in [5, 5.41) is 9.84. The first-order valence-electron chi connectivity index (χ1n) is 12.3. The molecule has 0 aliphatic carbocycles. The number of likely N-dealkylation sites (N-methyl/N-ethyl adjacent to an activating group) is 1. The highest BCUT2D eigenvalue weighted by atomic mass is 32.2. The first-order chi connectivity index (χ1) is 18.6. The van der Waals surface area contributed by atoms with Gasteiger partial charge in [-0.2, -0.15) is 4.31 Å². The minimum atomic E-state index is -4.16. The molecule has 0 saturated heterocycles. The fraction of sp³-hybridized carbons (Fsp3) is 0.321. The van der Waals surface area contributed by atoms with Crippen LogP contribution in [-0.2, 0) is 10.0 Å². The maximum absolute atomic E-state index is 14.3. The number of pyridine rings is 2. The Balaban J connectivity index is 1.69. The summed E-state index contributed by atoms with van der Waals surface area (Å²) in [6.07, 6.45) is 3.99. The first-order valence-corrected chi connectivity index (χ1v) is 13.8. The molecule has 1 aromatic carbocycles. The van der Waals surface area contributed by atoms with Crippen molar-refractivity contribution in [2.75, 3.05) is 26.7 Å². The summed E-state index contributed by atoms with van der Waals surface area (Å²) in [4.78, 5) is 23.0. The number of halogens is 1.